The molecule has 1 aromatic heterocycles. The Balaban J connectivity index is 1.55. The van der Waals surface area contributed by atoms with E-state index in [9.17, 15) is 4.79 Å². The van der Waals surface area contributed by atoms with Crippen molar-refractivity contribution in [1.82, 2.24) is 9.97 Å². The lowest BCUT2D eigenvalue weighted by Gasteiger charge is -2.07. The van der Waals surface area contributed by atoms with Crippen LogP contribution in [0.25, 0.3) is 22.5 Å². The van der Waals surface area contributed by atoms with Crippen molar-refractivity contribution >= 4 is 5.97 Å². The van der Waals surface area contributed by atoms with Crippen LogP contribution in [0.15, 0.2) is 73.1 Å². The third-order valence-electron chi connectivity index (χ3n) is 5.53. The van der Waals surface area contributed by atoms with Gasteiger partial charge in [-0.2, -0.15) is 0 Å². The maximum atomic E-state index is 11.9. The van der Waals surface area contributed by atoms with Gasteiger partial charge in [0.15, 0.2) is 11.6 Å². The Hall–Kier alpha value is -3.27. The maximum Gasteiger partial charge on any atom is 0.315 e. The van der Waals surface area contributed by atoms with E-state index in [1.54, 1.807) is 12.4 Å². The highest BCUT2D eigenvalue weighted by Gasteiger charge is 2.07. The van der Waals surface area contributed by atoms with Crippen molar-refractivity contribution in [1.29, 1.82) is 0 Å². The van der Waals surface area contributed by atoms with Gasteiger partial charge in [0.2, 0.25) is 0 Å². The molecule has 0 amide bonds. The van der Waals surface area contributed by atoms with Crippen LogP contribution in [0.2, 0.25) is 0 Å². The second-order valence-electron chi connectivity index (χ2n) is 8.27. The Morgan fingerprint density at radius 2 is 1.39 bits per heavy atom. The molecule has 3 rings (SSSR count). The molecule has 172 valence electrons. The molecule has 1 heterocycles. The molecule has 2 aromatic carbocycles. The summed E-state index contributed by atoms with van der Waals surface area (Å²) in [6.45, 7) is 4.38. The zero-order valence-corrected chi connectivity index (χ0v) is 19.8. The van der Waals surface area contributed by atoms with Gasteiger partial charge in [-0.3, -0.25) is 4.79 Å². The monoisotopic (exact) mass is 442 g/mol. The molecule has 0 spiro atoms. The van der Waals surface area contributed by atoms with Crippen LogP contribution in [0.5, 0.6) is 5.75 Å². The van der Waals surface area contributed by atoms with Gasteiger partial charge in [0, 0.05) is 5.56 Å². The Kier molecular flexibility index (Phi) is 9.84. The van der Waals surface area contributed by atoms with E-state index in [2.05, 4.69) is 60.2 Å². The number of rotatable bonds is 12. The molecule has 0 unspecified atom stereocenters. The van der Waals surface area contributed by atoms with E-state index in [-0.39, 0.29) is 12.4 Å². The number of hydrogen-bond acceptors (Lipinski definition) is 4. The Morgan fingerprint density at radius 3 is 2.03 bits per heavy atom. The first kappa shape index (κ1) is 24.4. The number of carbonyl (C=O) groups is 1. The summed E-state index contributed by atoms with van der Waals surface area (Å²) in [5, 5.41) is 0. The van der Waals surface area contributed by atoms with Crippen molar-refractivity contribution in [2.24, 2.45) is 0 Å². The number of hydrogen-bond donors (Lipinski definition) is 0. The summed E-state index contributed by atoms with van der Waals surface area (Å²) in [5.74, 6) is 0.660. The van der Waals surface area contributed by atoms with Crippen LogP contribution in [-0.2, 0) is 11.2 Å². The predicted molar refractivity (Wildman–Crippen MR) is 135 cm³/mol. The first-order valence-corrected chi connectivity index (χ1v) is 12.1. The van der Waals surface area contributed by atoms with Gasteiger partial charge in [-0.25, -0.2) is 9.97 Å². The van der Waals surface area contributed by atoms with Crippen LogP contribution >= 0.6 is 0 Å². The van der Waals surface area contributed by atoms with Crippen molar-refractivity contribution in [2.45, 2.75) is 65.2 Å². The second kappa shape index (κ2) is 13.3. The molecule has 0 saturated carbocycles. The molecule has 0 aliphatic heterocycles. The van der Waals surface area contributed by atoms with Gasteiger partial charge < -0.3 is 4.74 Å². The lowest BCUT2D eigenvalue weighted by molar-refractivity contribution is -0.133. The second-order valence-corrected chi connectivity index (χ2v) is 8.27. The first-order chi connectivity index (χ1) is 16.2. The van der Waals surface area contributed by atoms with Gasteiger partial charge in [0.25, 0.3) is 0 Å². The fourth-order valence-electron chi connectivity index (χ4n) is 3.57. The number of aromatic nitrogens is 2. The Labute approximate surface area is 197 Å². The van der Waals surface area contributed by atoms with Crippen molar-refractivity contribution < 1.29 is 9.53 Å². The molecular formula is C29H34N2O2. The van der Waals surface area contributed by atoms with Gasteiger partial charge >= 0.3 is 5.97 Å². The van der Waals surface area contributed by atoms with Crippen LogP contribution in [0.1, 0.15) is 64.4 Å². The molecular weight excluding hydrogens is 408 g/mol. The van der Waals surface area contributed by atoms with Crippen molar-refractivity contribution in [2.75, 3.05) is 0 Å². The van der Waals surface area contributed by atoms with Crippen LogP contribution in [0.4, 0.5) is 0 Å². The average molecular weight is 443 g/mol. The van der Waals surface area contributed by atoms with Gasteiger partial charge in [0.05, 0.1) is 18.8 Å². The molecule has 0 saturated heterocycles. The minimum absolute atomic E-state index is 0.257. The summed E-state index contributed by atoms with van der Waals surface area (Å²) >= 11 is 0. The molecule has 0 fully saturated rings. The number of esters is 1. The zero-order chi connectivity index (χ0) is 23.3. The van der Waals surface area contributed by atoms with E-state index < -0.39 is 0 Å². The van der Waals surface area contributed by atoms with Crippen LogP contribution < -0.4 is 4.74 Å². The Morgan fingerprint density at radius 1 is 0.788 bits per heavy atom. The SMILES string of the molecule is CCCC/C=C\CC(=O)Oc1cnc(-c2ccc(-c3ccc(CCCCC)cc3)cc2)nc1. The van der Waals surface area contributed by atoms with E-state index in [4.69, 9.17) is 4.74 Å². The fourth-order valence-corrected chi connectivity index (χ4v) is 3.57. The molecule has 3 aromatic rings. The molecule has 0 N–H and O–H groups in total. The molecule has 4 nitrogen and oxygen atoms in total. The van der Waals surface area contributed by atoms with Crippen LogP contribution in [0.3, 0.4) is 0 Å². The topological polar surface area (TPSA) is 52.1 Å². The van der Waals surface area contributed by atoms with Crippen LogP contribution in [0, 0.1) is 0 Å². The summed E-state index contributed by atoms with van der Waals surface area (Å²) in [5.41, 5.74) is 4.68. The number of aryl methyl sites for hydroxylation is 1. The first-order valence-electron chi connectivity index (χ1n) is 12.1. The largest absolute Gasteiger partial charge is 0.423 e. The van der Waals surface area contributed by atoms with E-state index in [0.717, 1.165) is 36.8 Å². The van der Waals surface area contributed by atoms with Gasteiger partial charge in [-0.05, 0) is 36.0 Å². The molecule has 33 heavy (non-hydrogen) atoms. The minimum atomic E-state index is -0.306. The smallest absolute Gasteiger partial charge is 0.315 e. The van der Waals surface area contributed by atoms with Crippen molar-refractivity contribution in [3.63, 3.8) is 0 Å². The predicted octanol–water partition coefficient (Wildman–Crippen LogP) is 7.59. The number of unbranched alkanes of at least 4 members (excludes halogenated alkanes) is 4. The molecule has 0 aliphatic rings. The highest BCUT2D eigenvalue weighted by Crippen LogP contribution is 2.24. The molecule has 0 aliphatic carbocycles. The molecule has 0 atom stereocenters. The minimum Gasteiger partial charge on any atom is -0.423 e. The standard InChI is InChI=1S/C29H34N2O2/c1-3-5-7-8-10-12-28(32)33-27-21-30-29(31-22-27)26-19-17-25(18-20-26)24-15-13-23(14-16-24)11-9-6-4-2/h8,10,13-22H,3-7,9,11-12H2,1-2H3/b10-8-. The average Bonchev–Trinajstić information content (AvgIpc) is 2.85. The van der Waals surface area contributed by atoms with Gasteiger partial charge in [-0.15, -0.1) is 0 Å². The fraction of sp³-hybridized carbons (Fsp3) is 0.345. The zero-order valence-electron chi connectivity index (χ0n) is 19.8. The highest BCUT2D eigenvalue weighted by atomic mass is 16.5. The summed E-state index contributed by atoms with van der Waals surface area (Å²) in [4.78, 5) is 20.7. The third kappa shape index (κ3) is 7.98. The molecule has 0 bridgehead atoms. The lowest BCUT2D eigenvalue weighted by atomic mass is 10.0. The highest BCUT2D eigenvalue weighted by molar-refractivity contribution is 5.74. The number of ether oxygens (including phenoxy) is 1. The third-order valence-corrected chi connectivity index (χ3v) is 5.53. The number of nitrogens with zero attached hydrogens (tertiary/aromatic N) is 2. The maximum absolute atomic E-state index is 11.9. The van der Waals surface area contributed by atoms with Crippen molar-refractivity contribution in [3.05, 3.63) is 78.6 Å². The van der Waals surface area contributed by atoms with E-state index in [1.807, 2.05) is 24.3 Å². The molecule has 4 heteroatoms. The quantitative estimate of drug-likeness (QED) is 0.165. The normalized spacial score (nSPS) is 11.1. The summed E-state index contributed by atoms with van der Waals surface area (Å²) in [6.07, 6.45) is 15.4. The lowest BCUT2D eigenvalue weighted by Crippen LogP contribution is -2.06. The molecule has 0 radical (unpaired) electrons. The van der Waals surface area contributed by atoms with Gasteiger partial charge in [-0.1, -0.05) is 100 Å². The van der Waals surface area contributed by atoms with E-state index >= 15 is 0 Å². The summed E-state index contributed by atoms with van der Waals surface area (Å²) < 4.78 is 5.31. The van der Waals surface area contributed by atoms with E-state index in [0.29, 0.717) is 11.6 Å². The van der Waals surface area contributed by atoms with Crippen molar-refractivity contribution in [3.8, 4) is 28.3 Å². The van der Waals surface area contributed by atoms with Crippen LogP contribution in [-0.4, -0.2) is 15.9 Å². The number of benzene rings is 2. The summed E-state index contributed by atoms with van der Waals surface area (Å²) in [7, 11) is 0. The van der Waals surface area contributed by atoms with Gasteiger partial charge in [0.1, 0.15) is 0 Å². The van der Waals surface area contributed by atoms with E-state index in [1.165, 1.54) is 30.4 Å². The number of allylic oxidation sites excluding steroid dienone is 1. The summed E-state index contributed by atoms with van der Waals surface area (Å²) in [6, 6.07) is 17.0. The number of carbonyl (C=O) groups excluding carboxylic acids is 1. The Bertz CT molecular complexity index is 1010.